The van der Waals surface area contributed by atoms with Gasteiger partial charge in [-0.15, -0.1) is 0 Å². The number of hydrogen-bond acceptors (Lipinski definition) is 11. The van der Waals surface area contributed by atoms with Crippen LogP contribution < -0.4 is 30.9 Å². The molecule has 0 radical (unpaired) electrons. The lowest BCUT2D eigenvalue weighted by Crippen LogP contribution is -2.52. The molecule has 1 unspecified atom stereocenters. The number of fused-ring (bicyclic) bond motifs is 3. The van der Waals surface area contributed by atoms with E-state index in [1.165, 1.54) is 19.4 Å². The van der Waals surface area contributed by atoms with E-state index >= 15 is 4.39 Å². The number of likely N-dealkylation sites (tertiary alicyclic amines) is 1. The molecule has 0 saturated carbocycles. The van der Waals surface area contributed by atoms with E-state index in [-0.39, 0.29) is 63.8 Å². The maximum absolute atomic E-state index is 16.3. The van der Waals surface area contributed by atoms with Crippen molar-refractivity contribution in [2.24, 2.45) is 11.3 Å². The fraction of sp³-hybridized carbons (Fsp3) is 0.481. The molecule has 7 heterocycles. The first kappa shape index (κ1) is 51.2. The van der Waals surface area contributed by atoms with Gasteiger partial charge in [0.1, 0.15) is 23.3 Å². The van der Waals surface area contributed by atoms with Gasteiger partial charge in [0.05, 0.1) is 23.9 Å². The number of halogens is 5. The first-order chi connectivity index (χ1) is 35.2. The number of piperazine rings is 1. The highest BCUT2D eigenvalue weighted by Crippen LogP contribution is 2.57. The van der Waals surface area contributed by atoms with E-state index in [1.807, 2.05) is 43.9 Å². The normalized spacial score (nSPS) is 24.5. The quantitative estimate of drug-likeness (QED) is 0.0937. The third kappa shape index (κ3) is 9.66. The van der Waals surface area contributed by atoms with Crippen LogP contribution in [0.4, 0.5) is 34.6 Å². The Hall–Kier alpha value is -6.31. The molecule has 6 aliphatic rings. The Balaban J connectivity index is 0.777. The van der Waals surface area contributed by atoms with Crippen molar-refractivity contribution in [3.8, 4) is 5.75 Å². The standard InChI is InChI=1S/C54H60ClF4N9O6/c1-52(2,3)25-43-53(29-61-39-24-42(54(57,58)59)60-26-36(39)53)45(35-6-5-7-37(55)46(35)56)47(63-43)49(71)62-38-11-8-31(23-41(38)74-4)50(72)67-16-14-30(15-17-67)27-65-18-20-66(21-19-65)33-9-10-34-32(22-33)28-68(51(34)73)40-12-13-44(69)64-48(40)70/h5-11,22-24,26,30,40,43,45,47,61,63H,12-21,25,27-29H2,1-4H3,(H,62,71)(H,64,69,70)/t40?,43-,45-,47+,53-/m0/s1. The molecule has 5 amide bonds. The van der Waals surface area contributed by atoms with Crippen molar-refractivity contribution in [3.05, 3.63) is 111 Å². The predicted molar refractivity (Wildman–Crippen MR) is 270 cm³/mol. The number of rotatable bonds is 10. The second-order valence-electron chi connectivity index (χ2n) is 21.8. The molecular formula is C54H60ClF4N9O6. The molecule has 0 bridgehead atoms. The van der Waals surface area contributed by atoms with Gasteiger partial charge in [0.15, 0.2) is 0 Å². The summed E-state index contributed by atoms with van der Waals surface area (Å²) in [5.41, 5.74) is 1.39. The number of nitrogens with zero attached hydrogens (tertiary/aromatic N) is 5. The Bertz CT molecular complexity index is 2900. The lowest BCUT2D eigenvalue weighted by molar-refractivity contribution is -0.141. The molecule has 4 fully saturated rings. The molecule has 5 atom stereocenters. The SMILES string of the molecule is COc1cc(C(=O)N2CCC(CN3CCN(c4ccc5c(c4)CN(C4CCC(=O)NC4=O)C5=O)CC3)CC2)ccc1NC(=O)[C@@H]1N[C@@H](CC(C)(C)C)[C@@]2(CNc3cc(C(F)(F)F)ncc32)[C@H]1c1cccc(Cl)c1F. The summed E-state index contributed by atoms with van der Waals surface area (Å²) >= 11 is 6.38. The van der Waals surface area contributed by atoms with Crippen LogP contribution in [0.5, 0.6) is 5.75 Å². The van der Waals surface area contributed by atoms with Gasteiger partial charge in [0.25, 0.3) is 11.8 Å². The molecule has 1 spiro atoms. The van der Waals surface area contributed by atoms with Crippen LogP contribution in [0.2, 0.25) is 5.02 Å². The number of nitrogens with one attached hydrogen (secondary N) is 4. The molecule has 392 valence electrons. The molecule has 1 aromatic heterocycles. The Kier molecular flexibility index (Phi) is 13.7. The maximum atomic E-state index is 16.3. The first-order valence-corrected chi connectivity index (χ1v) is 25.6. The summed E-state index contributed by atoms with van der Waals surface area (Å²) in [6, 6.07) is 13.9. The van der Waals surface area contributed by atoms with Crippen LogP contribution in [0.3, 0.4) is 0 Å². The van der Waals surface area contributed by atoms with E-state index in [4.69, 9.17) is 16.3 Å². The molecule has 4 aromatic rings. The summed E-state index contributed by atoms with van der Waals surface area (Å²) in [5, 5.41) is 11.8. The summed E-state index contributed by atoms with van der Waals surface area (Å²) < 4.78 is 63.8. The molecule has 74 heavy (non-hydrogen) atoms. The van der Waals surface area contributed by atoms with Crippen molar-refractivity contribution in [1.82, 2.24) is 30.3 Å². The number of ether oxygens (including phenoxy) is 1. The number of anilines is 3. The van der Waals surface area contributed by atoms with E-state index in [0.717, 1.165) is 62.9 Å². The fourth-order valence-electron chi connectivity index (χ4n) is 12.3. The van der Waals surface area contributed by atoms with Crippen LogP contribution in [0.15, 0.2) is 66.9 Å². The molecular weight excluding hydrogens is 982 g/mol. The number of amides is 5. The van der Waals surface area contributed by atoms with Gasteiger partial charge in [0.2, 0.25) is 17.7 Å². The zero-order valence-corrected chi connectivity index (χ0v) is 42.5. The zero-order valence-electron chi connectivity index (χ0n) is 41.7. The van der Waals surface area contributed by atoms with Crippen LogP contribution >= 0.6 is 11.6 Å². The minimum Gasteiger partial charge on any atom is -0.495 e. The van der Waals surface area contributed by atoms with E-state index in [1.54, 1.807) is 35.2 Å². The van der Waals surface area contributed by atoms with Gasteiger partial charge in [-0.2, -0.15) is 13.2 Å². The van der Waals surface area contributed by atoms with E-state index in [2.05, 4.69) is 36.1 Å². The monoisotopic (exact) mass is 1040 g/mol. The Labute approximate surface area is 431 Å². The summed E-state index contributed by atoms with van der Waals surface area (Å²) in [4.78, 5) is 78.2. The Morgan fingerprint density at radius 2 is 1.70 bits per heavy atom. The van der Waals surface area contributed by atoms with Crippen molar-refractivity contribution >= 4 is 58.2 Å². The van der Waals surface area contributed by atoms with Crippen LogP contribution in [0, 0.1) is 17.2 Å². The number of pyridine rings is 1. The third-order valence-electron chi connectivity index (χ3n) is 15.9. The zero-order chi connectivity index (χ0) is 52.4. The number of piperidine rings is 2. The number of benzene rings is 3. The Morgan fingerprint density at radius 1 is 0.946 bits per heavy atom. The fourth-order valence-corrected chi connectivity index (χ4v) is 12.5. The van der Waals surface area contributed by atoms with E-state index in [9.17, 15) is 37.1 Å². The molecule has 6 aliphatic heterocycles. The van der Waals surface area contributed by atoms with E-state index < -0.39 is 59.0 Å². The van der Waals surface area contributed by atoms with Gasteiger partial charge in [-0.1, -0.05) is 44.5 Å². The summed E-state index contributed by atoms with van der Waals surface area (Å²) in [6.07, 6.45) is -0.842. The lowest BCUT2D eigenvalue weighted by Gasteiger charge is -2.39. The topological polar surface area (TPSA) is 169 Å². The molecule has 15 nitrogen and oxygen atoms in total. The van der Waals surface area contributed by atoms with Crippen LogP contribution in [0.1, 0.15) is 102 Å². The minimum atomic E-state index is -4.70. The van der Waals surface area contributed by atoms with Crippen LogP contribution in [-0.4, -0.2) is 127 Å². The van der Waals surface area contributed by atoms with Gasteiger partial charge >= 0.3 is 6.18 Å². The van der Waals surface area contributed by atoms with Gasteiger partial charge in [-0.05, 0) is 96.7 Å². The van der Waals surface area contributed by atoms with Gasteiger partial charge in [-0.25, -0.2) is 4.39 Å². The second-order valence-corrected chi connectivity index (χ2v) is 22.2. The van der Waals surface area contributed by atoms with E-state index in [0.29, 0.717) is 55.1 Å². The number of carbonyl (C=O) groups excluding carboxylic acids is 5. The summed E-state index contributed by atoms with van der Waals surface area (Å²) in [7, 11) is 1.44. The average molecular weight is 1040 g/mol. The molecule has 4 N–H and O–H groups in total. The highest BCUT2D eigenvalue weighted by atomic mass is 35.5. The highest BCUT2D eigenvalue weighted by Gasteiger charge is 2.62. The number of alkyl halides is 3. The third-order valence-corrected chi connectivity index (χ3v) is 16.2. The molecule has 0 aliphatic carbocycles. The number of carbonyl (C=O) groups is 5. The predicted octanol–water partition coefficient (Wildman–Crippen LogP) is 7.20. The number of aromatic nitrogens is 1. The van der Waals surface area contributed by atoms with Crippen molar-refractivity contribution in [3.63, 3.8) is 0 Å². The second kappa shape index (κ2) is 19.8. The largest absolute Gasteiger partial charge is 0.495 e. The highest BCUT2D eigenvalue weighted by molar-refractivity contribution is 6.30. The van der Waals surface area contributed by atoms with Crippen LogP contribution in [0.25, 0.3) is 0 Å². The number of methoxy groups -OCH3 is 1. The van der Waals surface area contributed by atoms with Gasteiger partial charge < -0.3 is 35.4 Å². The Morgan fingerprint density at radius 3 is 2.41 bits per heavy atom. The first-order valence-electron chi connectivity index (χ1n) is 25.3. The summed E-state index contributed by atoms with van der Waals surface area (Å²) in [5.74, 6) is -2.69. The van der Waals surface area contributed by atoms with Crippen molar-refractivity contribution in [2.45, 2.75) is 95.1 Å². The maximum Gasteiger partial charge on any atom is 0.433 e. The molecule has 10 rings (SSSR count). The lowest BCUT2D eigenvalue weighted by atomic mass is 9.63. The van der Waals surface area contributed by atoms with Gasteiger partial charge in [-0.3, -0.25) is 39.2 Å². The van der Waals surface area contributed by atoms with Crippen molar-refractivity contribution in [2.75, 3.05) is 75.0 Å². The number of imide groups is 1. The van der Waals surface area contributed by atoms with Crippen molar-refractivity contribution < 1.29 is 46.3 Å². The van der Waals surface area contributed by atoms with Crippen molar-refractivity contribution in [1.29, 1.82) is 0 Å². The molecule has 3 aromatic carbocycles. The van der Waals surface area contributed by atoms with Crippen LogP contribution in [-0.2, 0) is 32.5 Å². The number of hydrogen-bond donors (Lipinski definition) is 4. The summed E-state index contributed by atoms with van der Waals surface area (Å²) in [6.45, 7) is 11.9. The average Bonchev–Trinajstić information content (AvgIpc) is 4.05. The smallest absolute Gasteiger partial charge is 0.433 e. The minimum absolute atomic E-state index is 0.0911. The van der Waals surface area contributed by atoms with Gasteiger partial charge in [0, 0.05) is 117 Å². The molecule has 4 saturated heterocycles. The molecule has 20 heteroatoms.